The van der Waals surface area contributed by atoms with E-state index in [1.807, 2.05) is 6.92 Å². The van der Waals surface area contributed by atoms with Gasteiger partial charge in [0.2, 0.25) is 0 Å². The van der Waals surface area contributed by atoms with Gasteiger partial charge in [0.15, 0.2) is 0 Å². The number of ketones is 1. The standard InChI is InChI=1S/C13H17NO3/c1-8(15)17-11-4-3-5-13(2)9(7-14)6-10(16)12(11)13/h9,11-12H,3-6H2,1-2H3/t9-,11-,12-,13-/m0/s1. The third-order valence-electron chi connectivity index (χ3n) is 4.31. The number of carbonyl (C=O) groups is 2. The van der Waals surface area contributed by atoms with E-state index in [1.165, 1.54) is 6.92 Å². The summed E-state index contributed by atoms with van der Waals surface area (Å²) in [5, 5.41) is 9.15. The molecule has 0 saturated heterocycles. The summed E-state index contributed by atoms with van der Waals surface area (Å²) >= 11 is 0. The molecule has 0 aromatic carbocycles. The molecular formula is C13H17NO3. The van der Waals surface area contributed by atoms with Gasteiger partial charge in [0.05, 0.1) is 17.9 Å². The summed E-state index contributed by atoms with van der Waals surface area (Å²) in [5.41, 5.74) is -0.301. The van der Waals surface area contributed by atoms with Crippen LogP contribution < -0.4 is 0 Å². The number of esters is 1. The van der Waals surface area contributed by atoms with E-state index in [9.17, 15) is 9.59 Å². The molecular weight excluding hydrogens is 218 g/mol. The molecule has 0 aliphatic heterocycles. The topological polar surface area (TPSA) is 67.2 Å². The molecule has 17 heavy (non-hydrogen) atoms. The van der Waals surface area contributed by atoms with Crippen molar-refractivity contribution in [3.05, 3.63) is 0 Å². The minimum atomic E-state index is -0.340. The Morgan fingerprint density at radius 2 is 2.29 bits per heavy atom. The van der Waals surface area contributed by atoms with E-state index in [1.54, 1.807) is 0 Å². The lowest BCUT2D eigenvalue weighted by Crippen LogP contribution is -2.43. The molecule has 4 atom stereocenters. The fourth-order valence-electron chi connectivity index (χ4n) is 3.49. The van der Waals surface area contributed by atoms with Crippen LogP contribution in [0.5, 0.6) is 0 Å². The molecule has 2 saturated carbocycles. The Balaban J connectivity index is 2.28. The number of carbonyl (C=O) groups excluding carboxylic acids is 2. The number of nitrogens with zero attached hydrogens (tertiary/aromatic N) is 1. The second kappa shape index (κ2) is 4.14. The number of rotatable bonds is 1. The Morgan fingerprint density at radius 3 is 2.88 bits per heavy atom. The molecule has 0 unspecified atom stereocenters. The largest absolute Gasteiger partial charge is 0.462 e. The van der Waals surface area contributed by atoms with Crippen molar-refractivity contribution >= 4 is 11.8 Å². The van der Waals surface area contributed by atoms with Crippen LogP contribution in [0.15, 0.2) is 0 Å². The molecule has 0 spiro atoms. The molecule has 0 heterocycles. The molecule has 92 valence electrons. The van der Waals surface area contributed by atoms with Gasteiger partial charge in [-0.3, -0.25) is 9.59 Å². The minimum absolute atomic E-state index is 0.0880. The van der Waals surface area contributed by atoms with Crippen LogP contribution in [0.1, 0.15) is 39.5 Å². The summed E-state index contributed by atoms with van der Waals surface area (Å²) in [7, 11) is 0. The number of ether oxygens (including phenoxy) is 1. The van der Waals surface area contributed by atoms with Crippen molar-refractivity contribution in [3.8, 4) is 6.07 Å². The molecule has 0 radical (unpaired) electrons. The van der Waals surface area contributed by atoms with Crippen LogP contribution in [0.3, 0.4) is 0 Å². The predicted octanol–water partition coefficient (Wildman–Crippen LogP) is 1.84. The number of fused-ring (bicyclic) bond motifs is 1. The van der Waals surface area contributed by atoms with Gasteiger partial charge in [-0.05, 0) is 24.7 Å². The van der Waals surface area contributed by atoms with Gasteiger partial charge in [0, 0.05) is 13.3 Å². The van der Waals surface area contributed by atoms with Crippen molar-refractivity contribution in [2.24, 2.45) is 17.3 Å². The summed E-state index contributed by atoms with van der Waals surface area (Å²) in [6, 6.07) is 2.25. The molecule has 2 fully saturated rings. The van der Waals surface area contributed by atoms with Crippen LogP contribution in [0.25, 0.3) is 0 Å². The molecule has 0 bridgehead atoms. The van der Waals surface area contributed by atoms with Crippen molar-refractivity contribution in [2.75, 3.05) is 0 Å². The lowest BCUT2D eigenvalue weighted by molar-refractivity contribution is -0.156. The molecule has 0 aromatic heterocycles. The molecule has 0 aromatic rings. The van der Waals surface area contributed by atoms with E-state index in [-0.39, 0.29) is 35.1 Å². The fourth-order valence-corrected chi connectivity index (χ4v) is 3.49. The Hall–Kier alpha value is -1.37. The Kier molecular flexibility index (Phi) is 2.94. The van der Waals surface area contributed by atoms with Gasteiger partial charge in [0.1, 0.15) is 11.9 Å². The highest BCUT2D eigenvalue weighted by Gasteiger charge is 2.57. The first-order chi connectivity index (χ1) is 7.99. The van der Waals surface area contributed by atoms with Crippen LogP contribution in [-0.4, -0.2) is 17.9 Å². The lowest BCUT2D eigenvalue weighted by atomic mass is 9.64. The molecule has 0 N–H and O–H groups in total. The smallest absolute Gasteiger partial charge is 0.302 e. The maximum atomic E-state index is 12.0. The van der Waals surface area contributed by atoms with Gasteiger partial charge in [0.25, 0.3) is 0 Å². The highest BCUT2D eigenvalue weighted by atomic mass is 16.5. The third-order valence-corrected chi connectivity index (χ3v) is 4.31. The molecule has 2 aliphatic rings. The highest BCUT2D eigenvalue weighted by Crippen LogP contribution is 2.54. The van der Waals surface area contributed by atoms with E-state index in [0.29, 0.717) is 6.42 Å². The SMILES string of the molecule is CC(=O)O[C@H]1CCC[C@@]2(C)[C@H](C#N)CC(=O)[C@@H]12. The molecule has 4 heteroatoms. The normalized spacial score (nSPS) is 40.5. The zero-order valence-corrected chi connectivity index (χ0v) is 10.2. The number of Topliss-reactive ketones (excluding diaryl/α,β-unsaturated/α-hetero) is 1. The van der Waals surface area contributed by atoms with Crippen LogP contribution in [0.2, 0.25) is 0 Å². The Morgan fingerprint density at radius 1 is 1.59 bits per heavy atom. The van der Waals surface area contributed by atoms with Crippen LogP contribution in [0.4, 0.5) is 0 Å². The summed E-state index contributed by atoms with van der Waals surface area (Å²) in [4.78, 5) is 23.1. The predicted molar refractivity (Wildman–Crippen MR) is 59.7 cm³/mol. The van der Waals surface area contributed by atoms with Crippen molar-refractivity contribution < 1.29 is 14.3 Å². The summed E-state index contributed by atoms with van der Waals surface area (Å²) in [6.45, 7) is 3.36. The van der Waals surface area contributed by atoms with Gasteiger partial charge in [-0.25, -0.2) is 0 Å². The molecule has 2 rings (SSSR count). The minimum Gasteiger partial charge on any atom is -0.462 e. The maximum absolute atomic E-state index is 12.0. The van der Waals surface area contributed by atoms with Crippen molar-refractivity contribution in [1.29, 1.82) is 5.26 Å². The summed E-state index contributed by atoms with van der Waals surface area (Å²) < 4.78 is 5.26. The summed E-state index contributed by atoms with van der Waals surface area (Å²) in [5.74, 6) is -0.749. The first-order valence-corrected chi connectivity index (χ1v) is 6.08. The average Bonchev–Trinajstić information content (AvgIpc) is 2.50. The molecule has 0 amide bonds. The van der Waals surface area contributed by atoms with E-state index < -0.39 is 0 Å². The zero-order valence-electron chi connectivity index (χ0n) is 10.2. The van der Waals surface area contributed by atoms with Gasteiger partial charge in [-0.2, -0.15) is 5.26 Å². The Labute approximate surface area is 101 Å². The van der Waals surface area contributed by atoms with Crippen LogP contribution in [-0.2, 0) is 14.3 Å². The monoisotopic (exact) mass is 235 g/mol. The average molecular weight is 235 g/mol. The van der Waals surface area contributed by atoms with E-state index in [0.717, 1.165) is 19.3 Å². The van der Waals surface area contributed by atoms with Crippen LogP contribution >= 0.6 is 0 Å². The first-order valence-electron chi connectivity index (χ1n) is 6.08. The van der Waals surface area contributed by atoms with Gasteiger partial charge >= 0.3 is 5.97 Å². The van der Waals surface area contributed by atoms with E-state index in [4.69, 9.17) is 10.00 Å². The second-order valence-corrected chi connectivity index (χ2v) is 5.38. The van der Waals surface area contributed by atoms with Crippen molar-refractivity contribution in [1.82, 2.24) is 0 Å². The van der Waals surface area contributed by atoms with E-state index in [2.05, 4.69) is 6.07 Å². The first kappa shape index (κ1) is 12.1. The molecule has 4 nitrogen and oxygen atoms in total. The van der Waals surface area contributed by atoms with Crippen molar-refractivity contribution in [3.63, 3.8) is 0 Å². The molecule has 2 aliphatic carbocycles. The Bertz CT molecular complexity index is 398. The number of nitriles is 1. The summed E-state index contributed by atoms with van der Waals surface area (Å²) in [6.07, 6.45) is 2.52. The van der Waals surface area contributed by atoms with Gasteiger partial charge in [-0.1, -0.05) is 6.92 Å². The maximum Gasteiger partial charge on any atom is 0.302 e. The zero-order chi connectivity index (χ0) is 12.6. The number of hydrogen-bond donors (Lipinski definition) is 0. The van der Waals surface area contributed by atoms with Crippen LogP contribution in [0, 0.1) is 28.6 Å². The van der Waals surface area contributed by atoms with Gasteiger partial charge in [-0.15, -0.1) is 0 Å². The second-order valence-electron chi connectivity index (χ2n) is 5.38. The van der Waals surface area contributed by atoms with E-state index >= 15 is 0 Å². The number of hydrogen-bond acceptors (Lipinski definition) is 4. The lowest BCUT2D eigenvalue weighted by Gasteiger charge is -2.41. The van der Waals surface area contributed by atoms with Gasteiger partial charge < -0.3 is 4.74 Å². The van der Waals surface area contributed by atoms with Crippen molar-refractivity contribution in [2.45, 2.75) is 45.6 Å². The fraction of sp³-hybridized carbons (Fsp3) is 0.769. The highest BCUT2D eigenvalue weighted by molar-refractivity contribution is 5.86. The quantitative estimate of drug-likeness (QED) is 0.650. The third kappa shape index (κ3) is 1.84.